The van der Waals surface area contributed by atoms with Crippen LogP contribution in [0.3, 0.4) is 0 Å². The monoisotopic (exact) mass is 539 g/mol. The molecule has 2 atom stereocenters. The van der Waals surface area contributed by atoms with E-state index in [4.69, 9.17) is 14.2 Å². The van der Waals surface area contributed by atoms with Crippen LogP contribution >= 0.6 is 0 Å². The molecule has 2 aliphatic carbocycles. The lowest BCUT2D eigenvalue weighted by molar-refractivity contribution is 0.0735. The Bertz CT molecular complexity index is 1510. The first kappa shape index (κ1) is 24.5. The molecular weight excluding hydrogens is 502 g/mol. The number of nitrogens with zero attached hydrogens (tertiary/aromatic N) is 2. The summed E-state index contributed by atoms with van der Waals surface area (Å²) in [7, 11) is 1.67. The highest BCUT2D eigenvalue weighted by atomic mass is 16.5. The summed E-state index contributed by atoms with van der Waals surface area (Å²) in [6.07, 6.45) is 7.96. The first-order valence-electron chi connectivity index (χ1n) is 14.8. The quantitative estimate of drug-likeness (QED) is 0.482. The zero-order valence-electron chi connectivity index (χ0n) is 23.2. The number of hydrogen-bond donors (Lipinski definition) is 1. The molecule has 7 nitrogen and oxygen atoms in total. The molecule has 208 valence electrons. The Balaban J connectivity index is 0.967. The van der Waals surface area contributed by atoms with E-state index in [2.05, 4.69) is 40.2 Å². The van der Waals surface area contributed by atoms with E-state index in [1.165, 1.54) is 36.1 Å². The van der Waals surface area contributed by atoms with Crippen LogP contribution in [-0.2, 0) is 16.6 Å². The number of carbonyl (C=O) groups is 1. The number of H-pyrrole nitrogens is 1. The Morgan fingerprint density at radius 2 is 2.00 bits per heavy atom. The van der Waals surface area contributed by atoms with E-state index in [0.717, 1.165) is 68.9 Å². The number of allylic oxidation sites excluding steroid dienone is 2. The van der Waals surface area contributed by atoms with Crippen LogP contribution in [0.2, 0.25) is 0 Å². The summed E-state index contributed by atoms with van der Waals surface area (Å²) < 4.78 is 17.6. The third-order valence-corrected chi connectivity index (χ3v) is 10.4. The number of nitrogens with one attached hydrogen (secondary N) is 1. The molecule has 2 aromatic carbocycles. The second-order valence-corrected chi connectivity index (χ2v) is 12.5. The van der Waals surface area contributed by atoms with E-state index >= 15 is 0 Å². The van der Waals surface area contributed by atoms with Crippen LogP contribution in [0.5, 0.6) is 11.5 Å². The summed E-state index contributed by atoms with van der Waals surface area (Å²) in [5, 5.41) is 0.960. The number of ether oxygens (including phenoxy) is 3. The maximum atomic E-state index is 13.8. The van der Waals surface area contributed by atoms with E-state index < -0.39 is 0 Å². The minimum absolute atomic E-state index is 0.0422. The van der Waals surface area contributed by atoms with Gasteiger partial charge in [0, 0.05) is 47.8 Å². The third-order valence-electron chi connectivity index (χ3n) is 10.4. The molecule has 3 saturated heterocycles. The summed E-state index contributed by atoms with van der Waals surface area (Å²) >= 11 is 0. The summed E-state index contributed by atoms with van der Waals surface area (Å²) in [5.74, 6) is 1.97. The van der Waals surface area contributed by atoms with E-state index in [1.54, 1.807) is 7.11 Å². The first-order chi connectivity index (χ1) is 19.6. The fourth-order valence-corrected chi connectivity index (χ4v) is 7.97. The van der Waals surface area contributed by atoms with Gasteiger partial charge in [0.05, 0.1) is 13.7 Å². The smallest absolute Gasteiger partial charge is 0.274 e. The lowest BCUT2D eigenvalue weighted by atomic mass is 9.78. The third kappa shape index (κ3) is 3.74. The number of fused-ring (bicyclic) bond motifs is 2. The maximum absolute atomic E-state index is 13.8. The summed E-state index contributed by atoms with van der Waals surface area (Å²) in [5.41, 5.74) is 5.99. The molecule has 8 rings (SSSR count). The van der Waals surface area contributed by atoms with Gasteiger partial charge in [0.1, 0.15) is 12.3 Å². The molecule has 0 bridgehead atoms. The van der Waals surface area contributed by atoms with Crippen molar-refractivity contribution in [3.63, 3.8) is 0 Å². The highest BCUT2D eigenvalue weighted by Gasteiger charge is 2.66. The van der Waals surface area contributed by atoms with Crippen molar-refractivity contribution < 1.29 is 19.0 Å². The van der Waals surface area contributed by atoms with Crippen molar-refractivity contribution in [1.82, 2.24) is 14.8 Å². The fourth-order valence-electron chi connectivity index (χ4n) is 7.97. The van der Waals surface area contributed by atoms with Crippen LogP contribution in [0.25, 0.3) is 10.9 Å². The van der Waals surface area contributed by atoms with Crippen LogP contribution in [0.1, 0.15) is 47.3 Å². The van der Waals surface area contributed by atoms with Crippen molar-refractivity contribution >= 4 is 16.8 Å². The number of aromatic nitrogens is 1. The number of piperidine rings is 2. The molecule has 40 heavy (non-hydrogen) atoms. The Hall–Kier alpha value is -3.29. The molecule has 0 radical (unpaired) electrons. The lowest BCUT2D eigenvalue weighted by Crippen LogP contribution is -2.42. The molecule has 1 aromatic heterocycles. The molecule has 3 aromatic rings. The van der Waals surface area contributed by atoms with Crippen molar-refractivity contribution in [2.24, 2.45) is 11.3 Å². The van der Waals surface area contributed by atoms with E-state index in [1.807, 2.05) is 23.1 Å². The molecule has 4 heterocycles. The highest BCUT2D eigenvalue weighted by molar-refractivity contribution is 6.00. The van der Waals surface area contributed by atoms with Gasteiger partial charge < -0.3 is 24.1 Å². The average molecular weight is 540 g/mol. The highest BCUT2D eigenvalue weighted by Crippen LogP contribution is 2.66. The fraction of sp³-hybridized carbons (Fsp3) is 0.485. The second-order valence-electron chi connectivity index (χ2n) is 12.5. The number of aromatic amines is 1. The summed E-state index contributed by atoms with van der Waals surface area (Å²) in [4.78, 5) is 21.7. The van der Waals surface area contributed by atoms with Gasteiger partial charge in [0.2, 0.25) is 0 Å². The molecule has 2 spiro atoms. The number of methoxy groups -OCH3 is 1. The molecule has 2 unspecified atom stereocenters. The molecule has 1 N–H and O–H groups in total. The van der Waals surface area contributed by atoms with Crippen LogP contribution in [-0.4, -0.2) is 73.8 Å². The number of rotatable bonds is 6. The Kier molecular flexibility index (Phi) is 5.58. The van der Waals surface area contributed by atoms with Gasteiger partial charge in [-0.05, 0) is 79.8 Å². The summed E-state index contributed by atoms with van der Waals surface area (Å²) in [6, 6.07) is 14.7. The summed E-state index contributed by atoms with van der Waals surface area (Å²) in [6.45, 7) is 6.35. The molecule has 4 fully saturated rings. The van der Waals surface area contributed by atoms with E-state index in [0.29, 0.717) is 29.4 Å². The van der Waals surface area contributed by atoms with Crippen LogP contribution in [0, 0.1) is 11.3 Å². The molecule has 1 amide bonds. The zero-order valence-corrected chi connectivity index (χ0v) is 23.2. The molecule has 5 aliphatic rings. The number of hydrogen-bond acceptors (Lipinski definition) is 5. The number of benzene rings is 2. The first-order valence-corrected chi connectivity index (χ1v) is 14.8. The number of amides is 1. The van der Waals surface area contributed by atoms with Crippen molar-refractivity contribution in [1.29, 1.82) is 0 Å². The van der Waals surface area contributed by atoms with Crippen LogP contribution in [0.4, 0.5) is 0 Å². The largest absolute Gasteiger partial charge is 0.493 e. The van der Waals surface area contributed by atoms with Gasteiger partial charge in [0.15, 0.2) is 11.5 Å². The predicted octanol–water partition coefficient (Wildman–Crippen LogP) is 4.91. The van der Waals surface area contributed by atoms with Crippen molar-refractivity contribution in [3.8, 4) is 11.5 Å². The van der Waals surface area contributed by atoms with Crippen LogP contribution < -0.4 is 9.47 Å². The second kappa shape index (κ2) is 9.11. The zero-order chi connectivity index (χ0) is 26.9. The van der Waals surface area contributed by atoms with E-state index in [9.17, 15) is 4.79 Å². The van der Waals surface area contributed by atoms with Gasteiger partial charge in [-0.1, -0.05) is 30.3 Å². The van der Waals surface area contributed by atoms with Gasteiger partial charge >= 0.3 is 0 Å². The van der Waals surface area contributed by atoms with E-state index in [-0.39, 0.29) is 11.3 Å². The SMILES string of the molecule is COc1cc2[nH]c(C(=O)N3CC4CC45C3=CCc3ccccc35)cc2cc1OCCN1CCC2(CCOC2)CC1. The van der Waals surface area contributed by atoms with Crippen molar-refractivity contribution in [3.05, 3.63) is 71.1 Å². The minimum Gasteiger partial charge on any atom is -0.493 e. The minimum atomic E-state index is 0.0422. The molecular formula is C33H37N3O4. The normalized spacial score (nSPS) is 26.4. The van der Waals surface area contributed by atoms with Gasteiger partial charge in [-0.15, -0.1) is 0 Å². The standard InChI is InChI=1S/C33H37N3O4/c1-38-28-18-26-23(17-29(28)40-15-13-35-11-8-32(9-12-35)10-14-39-21-32)16-27(34-26)31(37)36-20-24-19-33(24)25-5-3-2-4-22(25)6-7-30(33)36/h2-5,7,16-18,24,34H,6,8-15,19-21H2,1H3. The number of likely N-dealkylation sites (tertiary alicyclic amines) is 2. The number of carbonyl (C=O) groups excluding carboxylic acids is 1. The topological polar surface area (TPSA) is 67.0 Å². The Morgan fingerprint density at radius 3 is 2.83 bits per heavy atom. The molecule has 1 saturated carbocycles. The Morgan fingerprint density at radius 1 is 1.12 bits per heavy atom. The van der Waals surface area contributed by atoms with Gasteiger partial charge in [-0.3, -0.25) is 9.69 Å². The molecule has 7 heteroatoms. The van der Waals surface area contributed by atoms with Crippen molar-refractivity contribution in [2.45, 2.75) is 37.5 Å². The van der Waals surface area contributed by atoms with Gasteiger partial charge in [-0.25, -0.2) is 0 Å². The van der Waals surface area contributed by atoms with Crippen LogP contribution in [0.15, 0.2) is 54.2 Å². The predicted molar refractivity (Wildman–Crippen MR) is 153 cm³/mol. The maximum Gasteiger partial charge on any atom is 0.274 e. The average Bonchev–Trinajstić information content (AvgIpc) is 3.31. The Labute approximate surface area is 235 Å². The molecule has 3 aliphatic heterocycles. The lowest BCUT2D eigenvalue weighted by Gasteiger charge is -2.38. The van der Waals surface area contributed by atoms with Crippen molar-refractivity contribution in [2.75, 3.05) is 53.1 Å². The van der Waals surface area contributed by atoms with Gasteiger partial charge in [0.25, 0.3) is 5.91 Å². The van der Waals surface area contributed by atoms with Gasteiger partial charge in [-0.2, -0.15) is 0 Å².